The van der Waals surface area contributed by atoms with Crippen LogP contribution in [0.5, 0.6) is 0 Å². The van der Waals surface area contributed by atoms with Crippen LogP contribution < -0.4 is 10.6 Å². The van der Waals surface area contributed by atoms with E-state index in [4.69, 9.17) is 4.52 Å². The molecular weight excluding hydrogens is 427 g/mol. The minimum Gasteiger partial charge on any atom is -0.361 e. The third-order valence-electron chi connectivity index (χ3n) is 4.05. The van der Waals surface area contributed by atoms with Gasteiger partial charge in [0, 0.05) is 32.1 Å². The molecule has 0 unspecified atom stereocenters. The van der Waals surface area contributed by atoms with Gasteiger partial charge in [-0.3, -0.25) is 4.99 Å². The number of benzene rings is 1. The zero-order valence-corrected chi connectivity index (χ0v) is 17.9. The molecule has 2 rings (SSSR count). The van der Waals surface area contributed by atoms with Gasteiger partial charge < -0.3 is 15.2 Å². The standard InChI is InChI=1S/C19H28N4O.HI/c1-5-17-16(18(6-2)24-23-17)13-22-19(20-4)21-11-10-15-9-7-8-14(3)12-15;/h7-9,12H,5-6,10-11,13H2,1-4H3,(H2,20,21,22);1H. The van der Waals surface area contributed by atoms with Gasteiger partial charge in [0.15, 0.2) is 5.96 Å². The highest BCUT2D eigenvalue weighted by Crippen LogP contribution is 2.15. The molecule has 0 amide bonds. The molecule has 2 N–H and O–H groups in total. The lowest BCUT2D eigenvalue weighted by Crippen LogP contribution is -2.38. The van der Waals surface area contributed by atoms with Crippen LogP contribution >= 0.6 is 24.0 Å². The van der Waals surface area contributed by atoms with Gasteiger partial charge in [0.2, 0.25) is 0 Å². The van der Waals surface area contributed by atoms with Crippen molar-refractivity contribution in [3.63, 3.8) is 0 Å². The van der Waals surface area contributed by atoms with E-state index in [1.807, 2.05) is 0 Å². The third-order valence-corrected chi connectivity index (χ3v) is 4.05. The molecule has 5 nitrogen and oxygen atoms in total. The fourth-order valence-corrected chi connectivity index (χ4v) is 2.72. The molecule has 0 aliphatic carbocycles. The molecule has 25 heavy (non-hydrogen) atoms. The smallest absolute Gasteiger partial charge is 0.191 e. The molecule has 1 aromatic carbocycles. The van der Waals surface area contributed by atoms with E-state index in [1.54, 1.807) is 7.05 Å². The maximum atomic E-state index is 5.40. The van der Waals surface area contributed by atoms with Crippen molar-refractivity contribution >= 4 is 29.9 Å². The molecule has 0 bridgehead atoms. The van der Waals surface area contributed by atoms with Crippen LogP contribution in [0.15, 0.2) is 33.8 Å². The molecule has 0 atom stereocenters. The van der Waals surface area contributed by atoms with Crippen molar-refractivity contribution in [1.29, 1.82) is 0 Å². The number of rotatable bonds is 7. The SMILES string of the molecule is CCc1noc(CC)c1CNC(=NC)NCCc1cccc(C)c1.I. The average Bonchev–Trinajstić information content (AvgIpc) is 3.00. The van der Waals surface area contributed by atoms with Gasteiger partial charge >= 0.3 is 0 Å². The molecule has 0 fully saturated rings. The van der Waals surface area contributed by atoms with Crippen LogP contribution in [-0.4, -0.2) is 24.7 Å². The number of nitrogens with zero attached hydrogens (tertiary/aromatic N) is 2. The van der Waals surface area contributed by atoms with Crippen molar-refractivity contribution in [2.45, 2.75) is 46.6 Å². The Balaban J connectivity index is 0.00000312. The van der Waals surface area contributed by atoms with Gasteiger partial charge in [0.1, 0.15) is 5.76 Å². The van der Waals surface area contributed by atoms with Gasteiger partial charge in [-0.2, -0.15) is 0 Å². The minimum absolute atomic E-state index is 0. The molecule has 138 valence electrons. The van der Waals surface area contributed by atoms with E-state index in [9.17, 15) is 0 Å². The maximum Gasteiger partial charge on any atom is 0.191 e. The molecule has 2 aromatic rings. The summed E-state index contributed by atoms with van der Waals surface area (Å²) in [5, 5.41) is 10.9. The predicted molar refractivity (Wildman–Crippen MR) is 114 cm³/mol. The average molecular weight is 456 g/mol. The fourth-order valence-electron chi connectivity index (χ4n) is 2.72. The molecule has 6 heteroatoms. The Morgan fingerprint density at radius 1 is 1.20 bits per heavy atom. The first-order valence-electron chi connectivity index (χ1n) is 8.64. The first kappa shape index (κ1) is 21.5. The Morgan fingerprint density at radius 3 is 2.64 bits per heavy atom. The predicted octanol–water partition coefficient (Wildman–Crippen LogP) is 3.63. The fraction of sp³-hybridized carbons (Fsp3) is 0.474. The number of nitrogens with one attached hydrogen (secondary N) is 2. The number of guanidine groups is 1. The topological polar surface area (TPSA) is 62.5 Å². The Hall–Kier alpha value is -1.57. The second-order valence-electron chi connectivity index (χ2n) is 5.83. The lowest BCUT2D eigenvalue weighted by Gasteiger charge is -2.12. The first-order valence-corrected chi connectivity index (χ1v) is 8.64. The van der Waals surface area contributed by atoms with E-state index in [2.05, 4.69) is 65.8 Å². The highest BCUT2D eigenvalue weighted by atomic mass is 127. The van der Waals surface area contributed by atoms with Gasteiger partial charge in [-0.1, -0.05) is 48.8 Å². The number of aryl methyl sites for hydroxylation is 3. The summed E-state index contributed by atoms with van der Waals surface area (Å²) < 4.78 is 5.40. The van der Waals surface area contributed by atoms with Crippen molar-refractivity contribution in [2.75, 3.05) is 13.6 Å². The van der Waals surface area contributed by atoms with E-state index in [0.29, 0.717) is 6.54 Å². The van der Waals surface area contributed by atoms with Crippen molar-refractivity contribution in [3.8, 4) is 0 Å². The second-order valence-corrected chi connectivity index (χ2v) is 5.83. The molecule has 1 heterocycles. The van der Waals surface area contributed by atoms with Crippen LogP contribution in [0, 0.1) is 6.92 Å². The summed E-state index contributed by atoms with van der Waals surface area (Å²) in [4.78, 5) is 4.29. The Morgan fingerprint density at radius 2 is 2.00 bits per heavy atom. The van der Waals surface area contributed by atoms with Gasteiger partial charge in [-0.25, -0.2) is 0 Å². The van der Waals surface area contributed by atoms with Crippen LogP contribution in [-0.2, 0) is 25.8 Å². The monoisotopic (exact) mass is 456 g/mol. The minimum atomic E-state index is 0. The molecule has 1 aromatic heterocycles. The summed E-state index contributed by atoms with van der Waals surface area (Å²) in [5.41, 5.74) is 4.80. The van der Waals surface area contributed by atoms with Crippen molar-refractivity contribution < 1.29 is 4.52 Å². The molecule has 0 aliphatic rings. The van der Waals surface area contributed by atoms with Gasteiger partial charge in [0.05, 0.1) is 5.69 Å². The van der Waals surface area contributed by atoms with Gasteiger partial charge in [-0.05, 0) is 25.3 Å². The number of hydrogen-bond donors (Lipinski definition) is 2. The van der Waals surface area contributed by atoms with E-state index in [-0.39, 0.29) is 24.0 Å². The quantitative estimate of drug-likeness (QED) is 0.380. The van der Waals surface area contributed by atoms with Gasteiger partial charge in [-0.15, -0.1) is 24.0 Å². The summed E-state index contributed by atoms with van der Waals surface area (Å²) in [7, 11) is 1.79. The summed E-state index contributed by atoms with van der Waals surface area (Å²) in [6.07, 6.45) is 2.69. The zero-order valence-electron chi connectivity index (χ0n) is 15.6. The van der Waals surface area contributed by atoms with Crippen molar-refractivity contribution in [1.82, 2.24) is 15.8 Å². The number of hydrogen-bond acceptors (Lipinski definition) is 3. The van der Waals surface area contributed by atoms with Crippen LogP contribution in [0.2, 0.25) is 0 Å². The number of aliphatic imine (C=N–C) groups is 1. The lowest BCUT2D eigenvalue weighted by atomic mass is 10.1. The van der Waals surface area contributed by atoms with E-state index in [1.165, 1.54) is 11.1 Å². The highest BCUT2D eigenvalue weighted by Gasteiger charge is 2.13. The maximum absolute atomic E-state index is 5.40. The summed E-state index contributed by atoms with van der Waals surface area (Å²) in [6.45, 7) is 7.81. The normalized spacial score (nSPS) is 11.1. The zero-order chi connectivity index (χ0) is 17.4. The number of aromatic nitrogens is 1. The Kier molecular flexibility index (Phi) is 9.55. The van der Waals surface area contributed by atoms with Crippen molar-refractivity contribution in [2.24, 2.45) is 4.99 Å². The lowest BCUT2D eigenvalue weighted by molar-refractivity contribution is 0.380. The summed E-state index contributed by atoms with van der Waals surface area (Å²) in [6, 6.07) is 8.59. The van der Waals surface area contributed by atoms with Crippen LogP contribution in [0.1, 0.15) is 42.0 Å². The van der Waals surface area contributed by atoms with Crippen LogP contribution in [0.25, 0.3) is 0 Å². The van der Waals surface area contributed by atoms with Crippen LogP contribution in [0.3, 0.4) is 0 Å². The molecule has 0 aliphatic heterocycles. The molecule has 0 spiro atoms. The van der Waals surface area contributed by atoms with E-state index >= 15 is 0 Å². The second kappa shape index (κ2) is 11.1. The Labute approximate surface area is 167 Å². The van der Waals surface area contributed by atoms with Gasteiger partial charge in [0.25, 0.3) is 0 Å². The third kappa shape index (κ3) is 6.34. The van der Waals surface area contributed by atoms with E-state index in [0.717, 1.165) is 48.8 Å². The Bertz CT molecular complexity index is 660. The largest absolute Gasteiger partial charge is 0.361 e. The summed E-state index contributed by atoms with van der Waals surface area (Å²) >= 11 is 0. The van der Waals surface area contributed by atoms with Crippen LogP contribution in [0.4, 0.5) is 0 Å². The molecular formula is C19H29IN4O. The summed E-state index contributed by atoms with van der Waals surface area (Å²) in [5.74, 6) is 1.75. The number of halogens is 1. The molecule has 0 saturated heterocycles. The van der Waals surface area contributed by atoms with Crippen molar-refractivity contribution in [3.05, 3.63) is 52.4 Å². The molecule has 0 radical (unpaired) electrons. The molecule has 0 saturated carbocycles. The highest BCUT2D eigenvalue weighted by molar-refractivity contribution is 14.0. The first-order chi connectivity index (χ1) is 11.7. The van der Waals surface area contributed by atoms with E-state index < -0.39 is 0 Å².